The van der Waals surface area contributed by atoms with Crippen LogP contribution >= 0.6 is 0 Å². The summed E-state index contributed by atoms with van der Waals surface area (Å²) in [4.78, 5) is 11.5. The van der Waals surface area contributed by atoms with Gasteiger partial charge in [0.05, 0.1) is 12.2 Å². The molecular weight excluding hydrogens is 338 g/mol. The van der Waals surface area contributed by atoms with Gasteiger partial charge in [-0.05, 0) is 36.6 Å². The van der Waals surface area contributed by atoms with Gasteiger partial charge in [0.15, 0.2) is 0 Å². The first-order valence-corrected chi connectivity index (χ1v) is 8.77. The maximum atomic E-state index is 13.9. The van der Waals surface area contributed by atoms with Gasteiger partial charge in [-0.25, -0.2) is 8.78 Å². The second-order valence-electron chi connectivity index (χ2n) is 6.55. The molecule has 0 aromatic heterocycles. The molecule has 3 nitrogen and oxygen atoms in total. The van der Waals surface area contributed by atoms with Crippen LogP contribution in [0.5, 0.6) is 0 Å². The molecule has 26 heavy (non-hydrogen) atoms. The molecule has 0 aliphatic heterocycles. The Kier molecular flexibility index (Phi) is 6.86. The largest absolute Gasteiger partial charge is 0.466 e. The van der Waals surface area contributed by atoms with Crippen LogP contribution < -0.4 is 0 Å². The second kappa shape index (κ2) is 8.90. The van der Waals surface area contributed by atoms with Crippen molar-refractivity contribution in [3.63, 3.8) is 0 Å². The van der Waals surface area contributed by atoms with Gasteiger partial charge in [0, 0.05) is 24.5 Å². The number of esters is 1. The summed E-state index contributed by atoms with van der Waals surface area (Å²) in [6.07, 6.45) is 2.36. The summed E-state index contributed by atoms with van der Waals surface area (Å²) in [6.45, 7) is 3.77. The number of carbonyl (C=O) groups excluding carboxylic acids is 1. The van der Waals surface area contributed by atoms with Crippen molar-refractivity contribution in [3.05, 3.63) is 59.7 Å². The molecule has 0 spiro atoms. The third kappa shape index (κ3) is 5.36. The Morgan fingerprint density at radius 3 is 2.46 bits per heavy atom. The van der Waals surface area contributed by atoms with E-state index in [-0.39, 0.29) is 19.0 Å². The number of carbonyl (C=O) groups is 1. The Hall–Kier alpha value is -2.27. The fourth-order valence-electron chi connectivity index (χ4n) is 2.63. The van der Waals surface area contributed by atoms with Gasteiger partial charge in [0.25, 0.3) is 0 Å². The number of rotatable bonds is 8. The van der Waals surface area contributed by atoms with Crippen LogP contribution in [0.3, 0.4) is 0 Å². The first kappa shape index (κ1) is 20.0. The van der Waals surface area contributed by atoms with E-state index in [9.17, 15) is 18.7 Å². The van der Waals surface area contributed by atoms with Crippen LogP contribution in [0, 0.1) is 11.6 Å². The molecule has 2 rings (SSSR count). The molecule has 2 aromatic carbocycles. The highest BCUT2D eigenvalue weighted by Crippen LogP contribution is 2.29. The van der Waals surface area contributed by atoms with Crippen LogP contribution in [-0.2, 0) is 15.1 Å². The van der Waals surface area contributed by atoms with E-state index in [1.807, 2.05) is 6.92 Å². The van der Waals surface area contributed by atoms with E-state index in [4.69, 9.17) is 4.74 Å². The minimum atomic E-state index is -1.18. The Morgan fingerprint density at radius 2 is 1.85 bits per heavy atom. The summed E-state index contributed by atoms with van der Waals surface area (Å²) in [6, 6.07) is 10.2. The van der Waals surface area contributed by atoms with Crippen LogP contribution in [-0.4, -0.2) is 17.7 Å². The summed E-state index contributed by atoms with van der Waals surface area (Å²) in [5.41, 5.74) is 0.342. The normalized spacial score (nSPS) is 13.3. The topological polar surface area (TPSA) is 46.5 Å². The van der Waals surface area contributed by atoms with Crippen molar-refractivity contribution in [3.8, 4) is 11.1 Å². The average molecular weight is 362 g/mol. The number of aliphatic hydroxyl groups is 1. The smallest absolute Gasteiger partial charge is 0.305 e. The lowest BCUT2D eigenvalue weighted by Gasteiger charge is -2.24. The maximum Gasteiger partial charge on any atom is 0.305 e. The molecule has 0 aliphatic carbocycles. The zero-order chi connectivity index (χ0) is 19.2. The zero-order valence-corrected chi connectivity index (χ0v) is 15.1. The molecule has 2 aromatic rings. The van der Waals surface area contributed by atoms with E-state index in [0.717, 1.165) is 18.9 Å². The molecule has 5 heteroatoms. The number of unbranched alkanes of at least 4 members (excludes halogenated alkanes) is 1. The van der Waals surface area contributed by atoms with E-state index in [0.29, 0.717) is 23.1 Å². The lowest BCUT2D eigenvalue weighted by atomic mass is 9.91. The monoisotopic (exact) mass is 362 g/mol. The Balaban J connectivity index is 2.00. The first-order valence-electron chi connectivity index (χ1n) is 8.77. The molecule has 0 saturated heterocycles. The highest BCUT2D eigenvalue weighted by Gasteiger charge is 2.23. The van der Waals surface area contributed by atoms with E-state index < -0.39 is 17.2 Å². The van der Waals surface area contributed by atoms with Gasteiger partial charge in [-0.3, -0.25) is 4.79 Å². The van der Waals surface area contributed by atoms with Crippen molar-refractivity contribution < 1.29 is 23.4 Å². The number of halogens is 2. The minimum Gasteiger partial charge on any atom is -0.466 e. The predicted octanol–water partition coefficient (Wildman–Crippen LogP) is 4.96. The van der Waals surface area contributed by atoms with E-state index in [2.05, 4.69) is 0 Å². The second-order valence-corrected chi connectivity index (χ2v) is 6.55. The summed E-state index contributed by atoms with van der Waals surface area (Å²) < 4.78 is 32.0. The third-order valence-corrected chi connectivity index (χ3v) is 4.34. The van der Waals surface area contributed by atoms with Crippen molar-refractivity contribution in [2.75, 3.05) is 6.61 Å². The third-order valence-electron chi connectivity index (χ3n) is 4.34. The van der Waals surface area contributed by atoms with Crippen LogP contribution in [0.4, 0.5) is 8.78 Å². The highest BCUT2D eigenvalue weighted by molar-refractivity contribution is 5.69. The van der Waals surface area contributed by atoms with Gasteiger partial charge in [-0.15, -0.1) is 0 Å². The summed E-state index contributed by atoms with van der Waals surface area (Å²) in [7, 11) is 0. The fourth-order valence-corrected chi connectivity index (χ4v) is 2.63. The molecule has 1 unspecified atom stereocenters. The van der Waals surface area contributed by atoms with Crippen LogP contribution in [0.25, 0.3) is 11.1 Å². The number of hydrogen-bond acceptors (Lipinski definition) is 3. The van der Waals surface area contributed by atoms with Gasteiger partial charge in [-0.2, -0.15) is 0 Å². The van der Waals surface area contributed by atoms with Gasteiger partial charge >= 0.3 is 5.97 Å². The first-order chi connectivity index (χ1) is 12.3. The summed E-state index contributed by atoms with van der Waals surface area (Å²) >= 11 is 0. The van der Waals surface area contributed by atoms with E-state index >= 15 is 0 Å². The summed E-state index contributed by atoms with van der Waals surface area (Å²) in [5.74, 6) is -1.52. The van der Waals surface area contributed by atoms with Crippen LogP contribution in [0.2, 0.25) is 0 Å². The van der Waals surface area contributed by atoms with Gasteiger partial charge in [0.2, 0.25) is 0 Å². The average Bonchev–Trinajstić information content (AvgIpc) is 2.60. The Labute approximate surface area is 152 Å². The fraction of sp³-hybridized carbons (Fsp3) is 0.381. The van der Waals surface area contributed by atoms with E-state index in [1.165, 1.54) is 12.1 Å². The van der Waals surface area contributed by atoms with Gasteiger partial charge < -0.3 is 9.84 Å². The molecule has 0 bridgehead atoms. The molecule has 0 amide bonds. The summed E-state index contributed by atoms with van der Waals surface area (Å²) in [5, 5.41) is 10.6. The number of hydrogen-bond donors (Lipinski definition) is 1. The van der Waals surface area contributed by atoms with Crippen LogP contribution in [0.1, 0.15) is 45.1 Å². The van der Waals surface area contributed by atoms with Gasteiger partial charge in [0.1, 0.15) is 11.6 Å². The van der Waals surface area contributed by atoms with Crippen molar-refractivity contribution in [1.82, 2.24) is 0 Å². The lowest BCUT2D eigenvalue weighted by Crippen LogP contribution is -2.24. The quantitative estimate of drug-likeness (QED) is 0.675. The molecule has 0 radical (unpaired) electrons. The molecular formula is C21H24F2O3. The zero-order valence-electron chi connectivity index (χ0n) is 15.1. The lowest BCUT2D eigenvalue weighted by molar-refractivity contribution is -0.145. The molecule has 0 heterocycles. The van der Waals surface area contributed by atoms with Crippen molar-refractivity contribution >= 4 is 5.97 Å². The standard InChI is InChI=1S/C21H24F2O3/c1-3-4-5-20(24)26-13-12-21(2,25)16-8-6-15(7-9-16)18-11-10-17(22)14-19(18)23/h6-11,14,25H,3-5,12-13H2,1-2H3. The van der Waals surface area contributed by atoms with Crippen molar-refractivity contribution in [2.45, 2.75) is 45.1 Å². The van der Waals surface area contributed by atoms with E-state index in [1.54, 1.807) is 31.2 Å². The maximum absolute atomic E-state index is 13.9. The van der Waals surface area contributed by atoms with Crippen LogP contribution in [0.15, 0.2) is 42.5 Å². The SMILES string of the molecule is CCCCC(=O)OCCC(C)(O)c1ccc(-c2ccc(F)cc2F)cc1. The number of benzene rings is 2. The molecule has 0 fully saturated rings. The number of ether oxygens (including phenoxy) is 1. The van der Waals surface area contributed by atoms with Gasteiger partial charge in [-0.1, -0.05) is 37.6 Å². The molecule has 1 atom stereocenters. The van der Waals surface area contributed by atoms with Crippen molar-refractivity contribution in [1.29, 1.82) is 0 Å². The predicted molar refractivity (Wildman–Crippen MR) is 96.5 cm³/mol. The molecule has 0 aliphatic rings. The minimum absolute atomic E-state index is 0.129. The Morgan fingerprint density at radius 1 is 1.15 bits per heavy atom. The van der Waals surface area contributed by atoms with Crippen molar-refractivity contribution in [2.24, 2.45) is 0 Å². The Bertz CT molecular complexity index is 739. The molecule has 1 N–H and O–H groups in total. The molecule has 0 saturated carbocycles. The molecule has 140 valence electrons. The highest BCUT2D eigenvalue weighted by atomic mass is 19.1.